The lowest BCUT2D eigenvalue weighted by atomic mass is 9.88. The van der Waals surface area contributed by atoms with Crippen LogP contribution in [0.5, 0.6) is 11.5 Å². The number of methoxy groups -OCH3 is 1. The van der Waals surface area contributed by atoms with Gasteiger partial charge in [0, 0.05) is 5.92 Å². The van der Waals surface area contributed by atoms with Gasteiger partial charge in [-0.25, -0.2) is 0 Å². The number of carboxylic acid groups (broad SMARTS) is 1. The molecule has 0 aromatic heterocycles. The maximum absolute atomic E-state index is 11.3. The molecule has 1 unspecified atom stereocenters. The van der Waals surface area contributed by atoms with Crippen LogP contribution in [0.1, 0.15) is 29.0 Å². The fraction of sp³-hybridized carbons (Fsp3) is 0.174. The Morgan fingerprint density at radius 2 is 1.44 bits per heavy atom. The Bertz CT molecular complexity index is 855. The van der Waals surface area contributed by atoms with Gasteiger partial charge in [-0.1, -0.05) is 54.6 Å². The average molecular weight is 362 g/mol. The van der Waals surface area contributed by atoms with E-state index in [0.29, 0.717) is 6.61 Å². The van der Waals surface area contributed by atoms with Gasteiger partial charge in [-0.2, -0.15) is 0 Å². The van der Waals surface area contributed by atoms with Crippen LogP contribution in [0.4, 0.5) is 0 Å². The third kappa shape index (κ3) is 5.11. The molecule has 0 aliphatic rings. The second-order valence-corrected chi connectivity index (χ2v) is 6.27. The van der Waals surface area contributed by atoms with Gasteiger partial charge in [0.25, 0.3) is 0 Å². The molecule has 0 heterocycles. The van der Waals surface area contributed by atoms with Crippen LogP contribution in [0.3, 0.4) is 0 Å². The van der Waals surface area contributed by atoms with Gasteiger partial charge < -0.3 is 14.6 Å². The molecule has 0 aliphatic carbocycles. The van der Waals surface area contributed by atoms with Crippen molar-refractivity contribution in [3.63, 3.8) is 0 Å². The van der Waals surface area contributed by atoms with Crippen LogP contribution in [0, 0.1) is 0 Å². The van der Waals surface area contributed by atoms with Gasteiger partial charge in [-0.15, -0.1) is 0 Å². The van der Waals surface area contributed by atoms with Crippen molar-refractivity contribution in [1.29, 1.82) is 0 Å². The van der Waals surface area contributed by atoms with Crippen molar-refractivity contribution >= 4 is 5.97 Å². The fourth-order valence-electron chi connectivity index (χ4n) is 2.97. The van der Waals surface area contributed by atoms with E-state index in [-0.39, 0.29) is 12.3 Å². The van der Waals surface area contributed by atoms with Crippen LogP contribution in [0.2, 0.25) is 0 Å². The smallest absolute Gasteiger partial charge is 0.304 e. The summed E-state index contributed by atoms with van der Waals surface area (Å²) in [7, 11) is 1.64. The van der Waals surface area contributed by atoms with Crippen molar-refractivity contribution < 1.29 is 19.4 Å². The SMILES string of the molecule is COc1ccc(COc2ccc(C(CC(=O)O)c3ccccc3)cc2)cc1. The quantitative estimate of drug-likeness (QED) is 0.620. The number of hydrogen-bond donors (Lipinski definition) is 1. The highest BCUT2D eigenvalue weighted by Gasteiger charge is 2.17. The second-order valence-electron chi connectivity index (χ2n) is 6.27. The van der Waals surface area contributed by atoms with Gasteiger partial charge in [0.2, 0.25) is 0 Å². The van der Waals surface area contributed by atoms with E-state index in [9.17, 15) is 9.90 Å². The molecule has 0 radical (unpaired) electrons. The Labute approximate surface area is 159 Å². The predicted molar refractivity (Wildman–Crippen MR) is 104 cm³/mol. The normalized spacial score (nSPS) is 11.6. The molecule has 3 rings (SSSR count). The first-order valence-corrected chi connectivity index (χ1v) is 8.78. The van der Waals surface area contributed by atoms with Crippen molar-refractivity contribution in [2.75, 3.05) is 7.11 Å². The number of benzene rings is 3. The molecule has 27 heavy (non-hydrogen) atoms. The third-order valence-electron chi connectivity index (χ3n) is 4.43. The lowest BCUT2D eigenvalue weighted by molar-refractivity contribution is -0.137. The Kier molecular flexibility index (Phi) is 6.10. The van der Waals surface area contributed by atoms with Gasteiger partial charge in [0.15, 0.2) is 0 Å². The summed E-state index contributed by atoms with van der Waals surface area (Å²) in [6, 6.07) is 25.1. The van der Waals surface area contributed by atoms with E-state index in [2.05, 4.69) is 0 Å². The highest BCUT2D eigenvalue weighted by Crippen LogP contribution is 2.29. The van der Waals surface area contributed by atoms with Gasteiger partial charge in [0.05, 0.1) is 13.5 Å². The van der Waals surface area contributed by atoms with Crippen LogP contribution in [0.15, 0.2) is 78.9 Å². The summed E-state index contributed by atoms with van der Waals surface area (Å²) in [6.45, 7) is 0.459. The molecule has 4 nitrogen and oxygen atoms in total. The standard InChI is InChI=1S/C23H22O4/c1-26-20-11-7-17(8-12-20)16-27-21-13-9-19(10-14-21)22(15-23(24)25)18-5-3-2-4-6-18/h2-14,22H,15-16H2,1H3,(H,24,25). The first kappa shape index (κ1) is 18.5. The van der Waals surface area contributed by atoms with E-state index in [1.54, 1.807) is 7.11 Å². The van der Waals surface area contributed by atoms with Crippen molar-refractivity contribution in [1.82, 2.24) is 0 Å². The number of rotatable bonds is 8. The molecule has 3 aromatic carbocycles. The molecule has 3 aromatic rings. The molecule has 1 atom stereocenters. The third-order valence-corrected chi connectivity index (χ3v) is 4.43. The van der Waals surface area contributed by atoms with Crippen molar-refractivity contribution in [2.24, 2.45) is 0 Å². The topological polar surface area (TPSA) is 55.8 Å². The van der Waals surface area contributed by atoms with Crippen molar-refractivity contribution in [2.45, 2.75) is 18.9 Å². The summed E-state index contributed by atoms with van der Waals surface area (Å²) in [5.41, 5.74) is 3.00. The number of ether oxygens (including phenoxy) is 2. The molecule has 0 fully saturated rings. The van der Waals surface area contributed by atoms with Gasteiger partial charge in [-0.3, -0.25) is 4.79 Å². The maximum Gasteiger partial charge on any atom is 0.304 e. The van der Waals surface area contributed by atoms with Gasteiger partial charge in [-0.05, 0) is 41.0 Å². The summed E-state index contributed by atoms with van der Waals surface area (Å²) in [5.74, 6) is 0.563. The molecule has 0 saturated heterocycles. The Morgan fingerprint density at radius 3 is 2.04 bits per heavy atom. The van der Waals surface area contributed by atoms with Gasteiger partial charge >= 0.3 is 5.97 Å². The van der Waals surface area contributed by atoms with E-state index < -0.39 is 5.97 Å². The summed E-state index contributed by atoms with van der Waals surface area (Å²) < 4.78 is 11.0. The van der Waals surface area contributed by atoms with Crippen LogP contribution in [-0.4, -0.2) is 18.2 Å². The Morgan fingerprint density at radius 1 is 0.852 bits per heavy atom. The van der Waals surface area contributed by atoms with E-state index in [1.165, 1.54) is 0 Å². The number of hydrogen-bond acceptors (Lipinski definition) is 3. The van der Waals surface area contributed by atoms with E-state index in [0.717, 1.165) is 28.2 Å². The van der Waals surface area contributed by atoms with Crippen molar-refractivity contribution in [3.8, 4) is 11.5 Å². The summed E-state index contributed by atoms with van der Waals surface area (Å²) >= 11 is 0. The number of carboxylic acids is 1. The second kappa shape index (κ2) is 8.90. The highest BCUT2D eigenvalue weighted by atomic mass is 16.5. The van der Waals surface area contributed by atoms with E-state index >= 15 is 0 Å². The van der Waals surface area contributed by atoms with Crippen LogP contribution >= 0.6 is 0 Å². The van der Waals surface area contributed by atoms with E-state index in [1.807, 2.05) is 78.9 Å². The molecular weight excluding hydrogens is 340 g/mol. The maximum atomic E-state index is 11.3. The monoisotopic (exact) mass is 362 g/mol. The van der Waals surface area contributed by atoms with E-state index in [4.69, 9.17) is 9.47 Å². The number of aliphatic carboxylic acids is 1. The largest absolute Gasteiger partial charge is 0.497 e. The fourth-order valence-corrected chi connectivity index (χ4v) is 2.97. The minimum atomic E-state index is -0.816. The summed E-state index contributed by atoms with van der Waals surface area (Å²) in [4.78, 5) is 11.3. The zero-order chi connectivity index (χ0) is 19.1. The van der Waals surface area contributed by atoms with Crippen LogP contribution in [0.25, 0.3) is 0 Å². The summed E-state index contributed by atoms with van der Waals surface area (Å²) in [6.07, 6.45) is 0.0517. The van der Waals surface area contributed by atoms with Crippen LogP contribution in [-0.2, 0) is 11.4 Å². The number of carbonyl (C=O) groups is 1. The lowest BCUT2D eigenvalue weighted by Crippen LogP contribution is -2.08. The molecule has 0 aliphatic heterocycles. The highest BCUT2D eigenvalue weighted by molar-refractivity contribution is 5.69. The predicted octanol–water partition coefficient (Wildman–Crippen LogP) is 4.88. The molecular formula is C23H22O4. The molecule has 4 heteroatoms. The summed E-state index contributed by atoms with van der Waals surface area (Å²) in [5, 5.41) is 9.28. The van der Waals surface area contributed by atoms with Crippen molar-refractivity contribution in [3.05, 3.63) is 95.6 Å². The zero-order valence-electron chi connectivity index (χ0n) is 15.2. The Hall–Kier alpha value is -3.27. The zero-order valence-corrected chi connectivity index (χ0v) is 15.2. The molecule has 0 bridgehead atoms. The minimum absolute atomic E-state index is 0.0517. The van der Waals surface area contributed by atoms with Gasteiger partial charge in [0.1, 0.15) is 18.1 Å². The molecule has 0 spiro atoms. The molecule has 1 N–H and O–H groups in total. The Balaban J connectivity index is 1.69. The first-order valence-electron chi connectivity index (χ1n) is 8.78. The lowest BCUT2D eigenvalue weighted by Gasteiger charge is -2.16. The van der Waals surface area contributed by atoms with Crippen LogP contribution < -0.4 is 9.47 Å². The molecule has 0 amide bonds. The average Bonchev–Trinajstić information content (AvgIpc) is 2.72. The first-order chi connectivity index (χ1) is 13.2. The molecule has 138 valence electrons. The molecule has 0 saturated carbocycles. The minimum Gasteiger partial charge on any atom is -0.497 e.